The van der Waals surface area contributed by atoms with Gasteiger partial charge in [-0.15, -0.1) is 0 Å². The fourth-order valence-electron chi connectivity index (χ4n) is 1.48. The minimum atomic E-state index is -0.210. The number of rotatable bonds is 2. The second-order valence-electron chi connectivity index (χ2n) is 3.43. The Balaban J connectivity index is 2.71. The molecule has 0 aliphatic rings. The van der Waals surface area contributed by atoms with Crippen LogP contribution in [-0.2, 0) is 6.42 Å². The van der Waals surface area contributed by atoms with Crippen molar-refractivity contribution < 1.29 is 0 Å². The molecule has 0 atom stereocenters. The summed E-state index contributed by atoms with van der Waals surface area (Å²) in [6, 6.07) is 7.52. The third kappa shape index (κ3) is 2.01. The van der Waals surface area contributed by atoms with Crippen LogP contribution in [-0.4, -0.2) is 9.97 Å². The third-order valence-corrected chi connectivity index (χ3v) is 2.25. The predicted octanol–water partition coefficient (Wildman–Crippen LogP) is 1.94. The molecule has 76 valence electrons. The highest BCUT2D eigenvalue weighted by Crippen LogP contribution is 2.06. The van der Waals surface area contributed by atoms with Crippen LogP contribution in [0.2, 0.25) is 0 Å². The first-order valence-electron chi connectivity index (χ1n) is 5.06. The maximum Gasteiger partial charge on any atom is 0.291 e. The second-order valence-corrected chi connectivity index (χ2v) is 3.43. The van der Waals surface area contributed by atoms with E-state index in [2.05, 4.69) is 9.97 Å². The van der Waals surface area contributed by atoms with Crippen LogP contribution in [0.3, 0.4) is 0 Å². The van der Waals surface area contributed by atoms with Crippen molar-refractivity contribution in [3.05, 3.63) is 46.5 Å². The van der Waals surface area contributed by atoms with Crippen LogP contribution in [0.5, 0.6) is 0 Å². The number of nitrogens with zero attached hydrogens (tertiary/aromatic N) is 2. The van der Waals surface area contributed by atoms with E-state index in [0.717, 1.165) is 11.8 Å². The molecule has 1 aromatic heterocycles. The smallest absolute Gasteiger partial charge is 0.265 e. The lowest BCUT2D eigenvalue weighted by Gasteiger charge is -1.87. The van der Waals surface area contributed by atoms with E-state index in [1.54, 1.807) is 6.20 Å². The van der Waals surface area contributed by atoms with Gasteiger partial charge in [-0.3, -0.25) is 9.78 Å². The van der Waals surface area contributed by atoms with Crippen LogP contribution in [0.25, 0.3) is 10.9 Å². The van der Waals surface area contributed by atoms with E-state index >= 15 is 0 Å². The Morgan fingerprint density at radius 2 is 2.07 bits per heavy atom. The molecule has 3 heteroatoms. The summed E-state index contributed by atoms with van der Waals surface area (Å²) < 4.78 is 0. The van der Waals surface area contributed by atoms with Gasteiger partial charge in [0.2, 0.25) is 0 Å². The van der Waals surface area contributed by atoms with Gasteiger partial charge in [0.05, 0.1) is 5.52 Å². The molecule has 0 aliphatic carbocycles. The first-order chi connectivity index (χ1) is 7.31. The van der Waals surface area contributed by atoms with Crippen molar-refractivity contribution in [2.45, 2.75) is 19.8 Å². The molecule has 0 aliphatic heterocycles. The van der Waals surface area contributed by atoms with E-state index in [1.165, 1.54) is 0 Å². The zero-order valence-corrected chi connectivity index (χ0v) is 8.60. The monoisotopic (exact) mass is 200 g/mol. The van der Waals surface area contributed by atoms with Gasteiger partial charge in [0.15, 0.2) is 0 Å². The van der Waals surface area contributed by atoms with Crippen LogP contribution in [0.15, 0.2) is 35.3 Å². The highest BCUT2D eigenvalue weighted by atomic mass is 16.1. The molecule has 0 N–H and O–H groups in total. The van der Waals surface area contributed by atoms with E-state index < -0.39 is 0 Å². The molecule has 2 rings (SSSR count). The minimum absolute atomic E-state index is 0.210. The van der Waals surface area contributed by atoms with E-state index in [0.29, 0.717) is 17.6 Å². The Kier molecular flexibility index (Phi) is 2.72. The number of benzene rings is 1. The summed E-state index contributed by atoms with van der Waals surface area (Å²) in [6.07, 6.45) is 3.31. The number of hydrogen-bond acceptors (Lipinski definition) is 3. The standard InChI is InChI=1S/C12H12N2O/c1-2-5-11-12(15)14-10-7-4-3-6-9(10)8-13-11/h3-4,6-8H,2,5H2,1H3. The highest BCUT2D eigenvalue weighted by Gasteiger charge is 2.00. The largest absolute Gasteiger partial charge is 0.291 e. The first-order valence-corrected chi connectivity index (χ1v) is 5.06. The first kappa shape index (κ1) is 9.77. The van der Waals surface area contributed by atoms with Crippen LogP contribution in [0.1, 0.15) is 19.0 Å². The van der Waals surface area contributed by atoms with Crippen LogP contribution < -0.4 is 5.56 Å². The molecule has 1 aromatic carbocycles. The maximum atomic E-state index is 11.6. The molecule has 0 radical (unpaired) electrons. The lowest BCUT2D eigenvalue weighted by atomic mass is 10.2. The molecule has 0 amide bonds. The van der Waals surface area contributed by atoms with Crippen molar-refractivity contribution in [1.29, 1.82) is 0 Å². The molecule has 1 heterocycles. The van der Waals surface area contributed by atoms with Crippen molar-refractivity contribution in [1.82, 2.24) is 9.97 Å². The summed E-state index contributed by atoms with van der Waals surface area (Å²) in [5.41, 5.74) is 1.05. The molecule has 0 saturated carbocycles. The van der Waals surface area contributed by atoms with Gasteiger partial charge in [0, 0.05) is 11.6 Å². The molecular weight excluding hydrogens is 188 g/mol. The summed E-state index contributed by atoms with van der Waals surface area (Å²) in [6.45, 7) is 2.02. The third-order valence-electron chi connectivity index (χ3n) is 2.25. The van der Waals surface area contributed by atoms with Gasteiger partial charge >= 0.3 is 0 Å². The van der Waals surface area contributed by atoms with Gasteiger partial charge in [0.25, 0.3) is 5.56 Å². The molecule has 0 saturated heterocycles. The summed E-state index contributed by atoms with van der Waals surface area (Å²) in [4.78, 5) is 19.9. The Labute approximate surface area is 87.8 Å². The fourth-order valence-corrected chi connectivity index (χ4v) is 1.48. The van der Waals surface area contributed by atoms with Crippen LogP contribution in [0.4, 0.5) is 0 Å². The van der Waals surface area contributed by atoms with Gasteiger partial charge in [-0.2, -0.15) is 0 Å². The van der Waals surface area contributed by atoms with Crippen molar-refractivity contribution >= 4 is 10.9 Å². The lowest BCUT2D eigenvalue weighted by molar-refractivity contribution is 0.868. The van der Waals surface area contributed by atoms with E-state index in [1.807, 2.05) is 31.2 Å². The molecule has 0 bridgehead atoms. The second kappa shape index (κ2) is 4.17. The molecular formula is C12H12N2O. The number of para-hydroxylation sites is 1. The Hall–Kier alpha value is -1.77. The Morgan fingerprint density at radius 3 is 2.87 bits per heavy atom. The zero-order chi connectivity index (χ0) is 10.7. The quantitative estimate of drug-likeness (QED) is 0.744. The predicted molar refractivity (Wildman–Crippen MR) is 59.8 cm³/mol. The van der Waals surface area contributed by atoms with Gasteiger partial charge in [-0.1, -0.05) is 31.5 Å². The van der Waals surface area contributed by atoms with Crippen molar-refractivity contribution in [3.8, 4) is 0 Å². The van der Waals surface area contributed by atoms with E-state index in [-0.39, 0.29) is 5.56 Å². The van der Waals surface area contributed by atoms with Crippen molar-refractivity contribution in [2.75, 3.05) is 0 Å². The minimum Gasteiger partial charge on any atom is -0.265 e. The van der Waals surface area contributed by atoms with Crippen LogP contribution >= 0.6 is 0 Å². The Morgan fingerprint density at radius 1 is 1.27 bits per heavy atom. The highest BCUT2D eigenvalue weighted by molar-refractivity contribution is 5.76. The lowest BCUT2D eigenvalue weighted by Crippen LogP contribution is -2.10. The average Bonchev–Trinajstić information content (AvgIpc) is 2.40. The van der Waals surface area contributed by atoms with Crippen molar-refractivity contribution in [2.24, 2.45) is 0 Å². The van der Waals surface area contributed by atoms with Gasteiger partial charge in [-0.25, -0.2) is 4.98 Å². The molecule has 15 heavy (non-hydrogen) atoms. The van der Waals surface area contributed by atoms with E-state index in [4.69, 9.17) is 0 Å². The van der Waals surface area contributed by atoms with Crippen LogP contribution in [0, 0.1) is 0 Å². The summed E-state index contributed by atoms with van der Waals surface area (Å²) in [7, 11) is 0. The molecule has 2 aromatic rings. The van der Waals surface area contributed by atoms with Gasteiger partial charge < -0.3 is 0 Å². The number of hydrogen-bond donors (Lipinski definition) is 0. The van der Waals surface area contributed by atoms with Gasteiger partial charge in [0.1, 0.15) is 5.69 Å². The number of aromatic nitrogens is 2. The number of fused-ring (bicyclic) bond motifs is 1. The molecule has 0 fully saturated rings. The SMILES string of the molecule is CCCc1ncc2ccccc2nc1=O. The Bertz CT molecular complexity index is 537. The maximum absolute atomic E-state index is 11.6. The molecule has 3 nitrogen and oxygen atoms in total. The summed E-state index contributed by atoms with van der Waals surface area (Å²) in [5, 5.41) is 0.900. The molecule has 0 unspecified atom stereocenters. The molecule has 0 spiro atoms. The van der Waals surface area contributed by atoms with Crippen molar-refractivity contribution in [3.63, 3.8) is 0 Å². The summed E-state index contributed by atoms with van der Waals surface area (Å²) >= 11 is 0. The normalized spacial score (nSPS) is 10.5. The fraction of sp³-hybridized carbons (Fsp3) is 0.250. The summed E-state index contributed by atoms with van der Waals surface area (Å²) in [5.74, 6) is 0. The average molecular weight is 200 g/mol. The zero-order valence-electron chi connectivity index (χ0n) is 8.60. The topological polar surface area (TPSA) is 42.9 Å². The van der Waals surface area contributed by atoms with E-state index in [9.17, 15) is 4.79 Å². The van der Waals surface area contributed by atoms with Gasteiger partial charge in [-0.05, 0) is 12.5 Å². The number of aryl methyl sites for hydroxylation is 1.